The third kappa shape index (κ3) is 4.47. The van der Waals surface area contributed by atoms with Gasteiger partial charge in [-0.25, -0.2) is 4.98 Å². The number of aromatic amines is 1. The summed E-state index contributed by atoms with van der Waals surface area (Å²) in [5, 5.41) is -0.0177. The van der Waals surface area contributed by atoms with E-state index < -0.39 is 29.9 Å². The van der Waals surface area contributed by atoms with Gasteiger partial charge in [0.05, 0.1) is 40.4 Å². The number of nitrogens with zero attached hydrogens (tertiary/aromatic N) is 2. The molecule has 0 radical (unpaired) electrons. The fourth-order valence-corrected chi connectivity index (χ4v) is 3.81. The lowest BCUT2D eigenvalue weighted by atomic mass is 10.3. The number of pyridine rings is 1. The van der Waals surface area contributed by atoms with E-state index in [9.17, 15) is 26.2 Å². The van der Waals surface area contributed by atoms with Gasteiger partial charge in [-0.2, -0.15) is 13.2 Å². The fourth-order valence-electron chi connectivity index (χ4n) is 2.80. The second-order valence-corrected chi connectivity index (χ2v) is 7.57. The summed E-state index contributed by atoms with van der Waals surface area (Å²) in [6, 6.07) is 3.62. The zero-order chi connectivity index (χ0) is 22.4. The van der Waals surface area contributed by atoms with Crippen molar-refractivity contribution in [2.24, 2.45) is 0 Å². The molecule has 0 fully saturated rings. The number of H-pyrrole nitrogens is 1. The maximum Gasteiger partial charge on any atom is 0.586 e. The molecule has 3 heterocycles. The van der Waals surface area contributed by atoms with Crippen molar-refractivity contribution in [1.82, 2.24) is 15.0 Å². The predicted molar refractivity (Wildman–Crippen MR) is 94.7 cm³/mol. The first-order chi connectivity index (χ1) is 14.5. The summed E-state index contributed by atoms with van der Waals surface area (Å²) in [5.74, 6) is -1.01. The molecule has 8 nitrogen and oxygen atoms in total. The summed E-state index contributed by atoms with van der Waals surface area (Å²) < 4.78 is 94.9. The van der Waals surface area contributed by atoms with Crippen LogP contribution in [-0.2, 0) is 16.6 Å². The molecule has 166 valence electrons. The van der Waals surface area contributed by atoms with E-state index >= 15 is 0 Å². The van der Waals surface area contributed by atoms with E-state index in [-0.39, 0.29) is 50.6 Å². The normalized spacial score (nSPS) is 15.8. The molecule has 2 aromatic heterocycles. The van der Waals surface area contributed by atoms with Crippen molar-refractivity contribution in [2.45, 2.75) is 23.4 Å². The average molecular weight is 465 g/mol. The Morgan fingerprint density at radius 3 is 2.61 bits per heavy atom. The highest BCUT2D eigenvalue weighted by Gasteiger charge is 2.43. The number of nitrogens with one attached hydrogen (secondary N) is 1. The lowest BCUT2D eigenvalue weighted by molar-refractivity contribution is -0.286. The van der Waals surface area contributed by atoms with E-state index in [0.717, 1.165) is 0 Å². The average Bonchev–Trinajstić information content (AvgIpc) is 3.21. The molecule has 0 amide bonds. The smallest absolute Gasteiger partial charge is 0.491 e. The molecule has 1 aromatic carbocycles. The Balaban J connectivity index is 1.57. The molecule has 0 spiro atoms. The van der Waals surface area contributed by atoms with Crippen molar-refractivity contribution >= 4 is 21.8 Å². The van der Waals surface area contributed by atoms with Gasteiger partial charge >= 0.3 is 12.5 Å². The first-order valence-electron chi connectivity index (χ1n) is 8.44. The van der Waals surface area contributed by atoms with Crippen LogP contribution in [-0.4, -0.2) is 45.3 Å². The van der Waals surface area contributed by atoms with Gasteiger partial charge in [0.1, 0.15) is 0 Å². The first-order valence-corrected chi connectivity index (χ1v) is 9.76. The number of benzene rings is 1. The highest BCUT2D eigenvalue weighted by Crippen LogP contribution is 2.43. The number of hydrogen-bond donors (Lipinski definition) is 1. The van der Waals surface area contributed by atoms with Crippen molar-refractivity contribution in [3.63, 3.8) is 0 Å². The Morgan fingerprint density at radius 1 is 1.23 bits per heavy atom. The van der Waals surface area contributed by atoms with Crippen LogP contribution in [0.1, 0.15) is 5.69 Å². The monoisotopic (exact) mass is 465 g/mol. The van der Waals surface area contributed by atoms with Gasteiger partial charge in [0.2, 0.25) is 0 Å². The number of halogens is 5. The highest BCUT2D eigenvalue weighted by molar-refractivity contribution is 7.84. The third-order valence-corrected chi connectivity index (χ3v) is 5.16. The maximum atomic E-state index is 13.2. The molecule has 1 N–H and O–H groups in total. The molecule has 1 aliphatic rings. The number of alkyl halides is 5. The Bertz CT molecular complexity index is 1120. The van der Waals surface area contributed by atoms with Crippen LogP contribution < -0.4 is 18.9 Å². The lowest BCUT2D eigenvalue weighted by Gasteiger charge is -2.14. The quantitative estimate of drug-likeness (QED) is 0.557. The van der Waals surface area contributed by atoms with E-state index in [1.54, 1.807) is 0 Å². The van der Waals surface area contributed by atoms with Gasteiger partial charge in [-0.1, -0.05) is 0 Å². The fraction of sp³-hybridized carbons (Fsp3) is 0.294. The van der Waals surface area contributed by atoms with E-state index in [1.165, 1.54) is 31.5 Å². The number of hydrogen-bond acceptors (Lipinski definition) is 7. The molecule has 1 unspecified atom stereocenters. The molecular weight excluding hydrogens is 453 g/mol. The topological polar surface area (TPSA) is 95.6 Å². The van der Waals surface area contributed by atoms with Gasteiger partial charge in [0, 0.05) is 24.4 Å². The summed E-state index contributed by atoms with van der Waals surface area (Å²) in [4.78, 5) is 10.8. The summed E-state index contributed by atoms with van der Waals surface area (Å²) in [6.07, 6.45) is -7.14. The minimum absolute atomic E-state index is 0.0177. The van der Waals surface area contributed by atoms with Crippen molar-refractivity contribution < 1.29 is 45.1 Å². The van der Waals surface area contributed by atoms with Crippen LogP contribution >= 0.6 is 0 Å². The number of methoxy groups -OCH3 is 1. The molecular formula is C17H12F5N3O5S. The number of ether oxygens (including phenoxy) is 4. The molecule has 14 heteroatoms. The summed E-state index contributed by atoms with van der Waals surface area (Å²) in [6.45, 7) is -1.53. The lowest BCUT2D eigenvalue weighted by Crippen LogP contribution is -2.25. The molecule has 0 bridgehead atoms. The Kier molecular flexibility index (Phi) is 5.11. The Morgan fingerprint density at radius 2 is 1.94 bits per heavy atom. The third-order valence-electron chi connectivity index (χ3n) is 4.00. The van der Waals surface area contributed by atoms with Crippen molar-refractivity contribution in [3.8, 4) is 23.0 Å². The molecule has 0 aliphatic carbocycles. The van der Waals surface area contributed by atoms with Crippen LogP contribution in [0.5, 0.6) is 23.0 Å². The number of rotatable bonds is 6. The van der Waals surface area contributed by atoms with Crippen LogP contribution in [0.3, 0.4) is 0 Å². The van der Waals surface area contributed by atoms with Gasteiger partial charge in [-0.05, 0) is 0 Å². The standard InChI is InChI=1S/C17H12F5N3O5S/c1-27-14-10(23-3-2-11(14)28-7-16(18,19)20)6-31(26)15-24-8-4-12-13(5-9(8)25-15)30-17(21,22)29-12/h2-5H,6-7H2,1H3,(H,24,25). The molecule has 1 atom stereocenters. The summed E-state index contributed by atoms with van der Waals surface area (Å²) >= 11 is 0. The molecule has 1 aliphatic heterocycles. The largest absolute Gasteiger partial charge is 0.586 e. The van der Waals surface area contributed by atoms with Crippen LogP contribution in [0.2, 0.25) is 0 Å². The Labute approximate surface area is 172 Å². The highest BCUT2D eigenvalue weighted by atomic mass is 32.2. The molecule has 31 heavy (non-hydrogen) atoms. The van der Waals surface area contributed by atoms with Crippen LogP contribution in [0.15, 0.2) is 29.6 Å². The maximum absolute atomic E-state index is 13.2. The zero-order valence-corrected chi connectivity index (χ0v) is 16.3. The molecule has 4 rings (SSSR count). The van der Waals surface area contributed by atoms with Crippen LogP contribution in [0.4, 0.5) is 22.0 Å². The van der Waals surface area contributed by atoms with E-state index in [0.29, 0.717) is 0 Å². The van der Waals surface area contributed by atoms with Gasteiger partial charge in [-0.15, -0.1) is 8.78 Å². The number of aromatic nitrogens is 3. The molecule has 0 saturated heterocycles. The minimum Gasteiger partial charge on any atom is -0.491 e. The number of fused-ring (bicyclic) bond motifs is 2. The van der Waals surface area contributed by atoms with E-state index in [2.05, 4.69) is 24.4 Å². The van der Waals surface area contributed by atoms with E-state index in [4.69, 9.17) is 9.47 Å². The minimum atomic E-state index is -4.55. The number of imidazole rings is 1. The van der Waals surface area contributed by atoms with Gasteiger partial charge in [-0.3, -0.25) is 9.19 Å². The van der Waals surface area contributed by atoms with Gasteiger partial charge in [0.15, 0.2) is 34.8 Å². The Hall–Kier alpha value is -3.16. The SMILES string of the molecule is COc1c(OCC(F)(F)F)ccnc1CS(=O)c1nc2cc3c(cc2[nH]1)OC(F)(F)O3. The van der Waals surface area contributed by atoms with Crippen LogP contribution in [0, 0.1) is 0 Å². The summed E-state index contributed by atoms with van der Waals surface area (Å²) in [5.41, 5.74) is 0.547. The molecule has 3 aromatic rings. The van der Waals surface area contributed by atoms with Gasteiger partial charge in [0.25, 0.3) is 0 Å². The van der Waals surface area contributed by atoms with Crippen LogP contribution in [0.25, 0.3) is 11.0 Å². The predicted octanol–water partition coefficient (Wildman–Crippen LogP) is 3.54. The van der Waals surface area contributed by atoms with Crippen molar-refractivity contribution in [1.29, 1.82) is 0 Å². The van der Waals surface area contributed by atoms with E-state index in [1.807, 2.05) is 0 Å². The van der Waals surface area contributed by atoms with Gasteiger partial charge < -0.3 is 23.9 Å². The zero-order valence-electron chi connectivity index (χ0n) is 15.5. The second-order valence-electron chi connectivity index (χ2n) is 6.21. The molecule has 0 saturated carbocycles. The summed E-state index contributed by atoms with van der Waals surface area (Å²) in [7, 11) is -0.627. The second kappa shape index (κ2) is 7.51. The van der Waals surface area contributed by atoms with Crippen molar-refractivity contribution in [2.75, 3.05) is 13.7 Å². The van der Waals surface area contributed by atoms with Crippen molar-refractivity contribution in [3.05, 3.63) is 30.1 Å². The first kappa shape index (κ1) is 21.1.